The minimum absolute atomic E-state index is 0.0830. The number of benzene rings is 1. The quantitative estimate of drug-likeness (QED) is 0.690. The molecule has 0 radical (unpaired) electrons. The summed E-state index contributed by atoms with van der Waals surface area (Å²) < 4.78 is 1.36. The lowest BCUT2D eigenvalue weighted by molar-refractivity contribution is 0.0995. The van der Waals surface area contributed by atoms with Gasteiger partial charge in [0.25, 0.3) is 5.91 Å². The number of primary amides is 1. The average molecular weight is 254 g/mol. The maximum absolute atomic E-state index is 11.1. The summed E-state index contributed by atoms with van der Waals surface area (Å²) in [5, 5.41) is 11.8. The molecule has 19 heavy (non-hydrogen) atoms. The molecule has 0 saturated heterocycles. The van der Waals surface area contributed by atoms with Crippen LogP contribution < -0.4 is 11.5 Å². The summed E-state index contributed by atoms with van der Waals surface area (Å²) >= 11 is 0. The number of carbonyl (C=O) groups excluding carboxylic acids is 1. The molecule has 1 aromatic carbocycles. The van der Waals surface area contributed by atoms with Gasteiger partial charge in [-0.2, -0.15) is 9.61 Å². The molecule has 0 aliphatic heterocycles. The van der Waals surface area contributed by atoms with Gasteiger partial charge in [0, 0.05) is 5.56 Å². The van der Waals surface area contributed by atoms with Crippen molar-refractivity contribution in [2.75, 3.05) is 5.73 Å². The molecule has 0 aliphatic rings. The molecule has 0 bridgehead atoms. The zero-order chi connectivity index (χ0) is 13.4. The van der Waals surface area contributed by atoms with Gasteiger partial charge in [-0.3, -0.25) is 4.79 Å². The molecule has 94 valence electrons. The second kappa shape index (κ2) is 4.05. The van der Waals surface area contributed by atoms with Crippen LogP contribution in [0.4, 0.5) is 5.82 Å². The van der Waals surface area contributed by atoms with Crippen LogP contribution >= 0.6 is 0 Å². The summed E-state index contributed by atoms with van der Waals surface area (Å²) in [6.07, 6.45) is 1.63. The number of carbonyl (C=O) groups is 1. The number of nitrogens with zero attached hydrogens (tertiary/aromatic N) is 4. The van der Waals surface area contributed by atoms with Crippen LogP contribution in [0, 0.1) is 0 Å². The Kier molecular flexibility index (Phi) is 2.38. The molecule has 7 heteroatoms. The van der Waals surface area contributed by atoms with E-state index >= 15 is 0 Å². The van der Waals surface area contributed by atoms with Gasteiger partial charge in [0.05, 0.1) is 6.20 Å². The number of nitrogen functional groups attached to an aromatic ring is 1. The Balaban J connectivity index is 2.26. The van der Waals surface area contributed by atoms with Gasteiger partial charge in [0.15, 0.2) is 17.2 Å². The highest BCUT2D eigenvalue weighted by Gasteiger charge is 2.16. The molecular weight excluding hydrogens is 244 g/mol. The predicted octanol–water partition coefficient (Wildman–Crippen LogP) is 0.472. The van der Waals surface area contributed by atoms with E-state index in [4.69, 9.17) is 11.5 Å². The third-order valence-corrected chi connectivity index (χ3v) is 2.78. The standard InChI is InChI=1S/C12H10N6O/c13-10-9(11(14)19)16-17-12-8(6-15-18(10)12)7-4-2-1-3-5-7/h1-6H,13H2,(H2,14,19). The third-order valence-electron chi connectivity index (χ3n) is 2.78. The first-order valence-electron chi connectivity index (χ1n) is 5.53. The highest BCUT2D eigenvalue weighted by molar-refractivity contribution is 5.95. The molecule has 0 unspecified atom stereocenters. The molecule has 7 nitrogen and oxygen atoms in total. The van der Waals surface area contributed by atoms with Gasteiger partial charge in [-0.15, -0.1) is 10.2 Å². The van der Waals surface area contributed by atoms with Crippen molar-refractivity contribution in [2.24, 2.45) is 5.73 Å². The molecule has 1 amide bonds. The van der Waals surface area contributed by atoms with Crippen molar-refractivity contribution in [3.8, 4) is 11.1 Å². The summed E-state index contributed by atoms with van der Waals surface area (Å²) in [6, 6.07) is 9.59. The molecular formula is C12H10N6O. The van der Waals surface area contributed by atoms with Gasteiger partial charge < -0.3 is 11.5 Å². The summed E-state index contributed by atoms with van der Waals surface area (Å²) in [5.74, 6) is -0.650. The highest BCUT2D eigenvalue weighted by Crippen LogP contribution is 2.24. The number of fused-ring (bicyclic) bond motifs is 1. The highest BCUT2D eigenvalue weighted by atomic mass is 16.1. The zero-order valence-electron chi connectivity index (χ0n) is 9.82. The lowest BCUT2D eigenvalue weighted by Crippen LogP contribution is -2.19. The van der Waals surface area contributed by atoms with Crippen LogP contribution in [0.25, 0.3) is 16.8 Å². The summed E-state index contributed by atoms with van der Waals surface area (Å²) in [5.41, 5.74) is 13.1. The lowest BCUT2D eigenvalue weighted by Gasteiger charge is -2.02. The second-order valence-electron chi connectivity index (χ2n) is 3.96. The van der Waals surface area contributed by atoms with Gasteiger partial charge in [-0.25, -0.2) is 0 Å². The van der Waals surface area contributed by atoms with E-state index in [9.17, 15) is 4.79 Å². The number of aromatic nitrogens is 4. The van der Waals surface area contributed by atoms with Crippen LogP contribution in [0.2, 0.25) is 0 Å². The Bertz CT molecular complexity index is 764. The maximum atomic E-state index is 11.1. The van der Waals surface area contributed by atoms with Crippen molar-refractivity contribution in [1.82, 2.24) is 19.8 Å². The first-order chi connectivity index (χ1) is 9.18. The average Bonchev–Trinajstić information content (AvgIpc) is 2.84. The van der Waals surface area contributed by atoms with E-state index in [-0.39, 0.29) is 11.5 Å². The summed E-state index contributed by atoms with van der Waals surface area (Å²) in [7, 11) is 0. The Morgan fingerprint density at radius 1 is 1.16 bits per heavy atom. The van der Waals surface area contributed by atoms with Crippen LogP contribution in [-0.2, 0) is 0 Å². The number of amides is 1. The minimum Gasteiger partial charge on any atom is -0.382 e. The SMILES string of the molecule is NC(=O)c1nnc2c(-c3ccccc3)cnn2c1N. The first-order valence-corrected chi connectivity index (χ1v) is 5.53. The van der Waals surface area contributed by atoms with Crippen molar-refractivity contribution >= 4 is 17.4 Å². The van der Waals surface area contributed by atoms with Gasteiger partial charge in [-0.05, 0) is 5.56 Å². The van der Waals surface area contributed by atoms with E-state index in [1.807, 2.05) is 30.3 Å². The molecule has 0 fully saturated rings. The fraction of sp³-hybridized carbons (Fsp3) is 0. The van der Waals surface area contributed by atoms with Gasteiger partial charge in [0.1, 0.15) is 0 Å². The smallest absolute Gasteiger partial charge is 0.273 e. The Morgan fingerprint density at radius 2 is 1.89 bits per heavy atom. The van der Waals surface area contributed by atoms with Crippen LogP contribution in [0.1, 0.15) is 10.5 Å². The van der Waals surface area contributed by atoms with Gasteiger partial charge >= 0.3 is 0 Å². The topological polar surface area (TPSA) is 112 Å². The summed E-state index contributed by atoms with van der Waals surface area (Å²) in [6.45, 7) is 0. The molecule has 0 atom stereocenters. The molecule has 0 aliphatic carbocycles. The van der Waals surface area contributed by atoms with E-state index < -0.39 is 5.91 Å². The van der Waals surface area contributed by atoms with Gasteiger partial charge in [0.2, 0.25) is 0 Å². The third kappa shape index (κ3) is 1.68. The van der Waals surface area contributed by atoms with E-state index in [1.54, 1.807) is 6.20 Å². The Morgan fingerprint density at radius 3 is 2.58 bits per heavy atom. The van der Waals surface area contributed by atoms with Crippen molar-refractivity contribution in [2.45, 2.75) is 0 Å². The van der Waals surface area contributed by atoms with Crippen LogP contribution in [0.5, 0.6) is 0 Å². The number of hydrogen-bond acceptors (Lipinski definition) is 5. The monoisotopic (exact) mass is 254 g/mol. The molecule has 2 heterocycles. The van der Waals surface area contributed by atoms with E-state index in [0.717, 1.165) is 11.1 Å². The summed E-state index contributed by atoms with van der Waals surface area (Å²) in [4.78, 5) is 11.1. The van der Waals surface area contributed by atoms with Crippen molar-refractivity contribution in [3.63, 3.8) is 0 Å². The molecule has 0 spiro atoms. The largest absolute Gasteiger partial charge is 0.382 e. The van der Waals surface area contributed by atoms with Crippen molar-refractivity contribution < 1.29 is 4.79 Å². The van der Waals surface area contributed by atoms with Crippen LogP contribution in [0.15, 0.2) is 36.5 Å². The fourth-order valence-corrected chi connectivity index (χ4v) is 1.86. The van der Waals surface area contributed by atoms with E-state index in [0.29, 0.717) is 5.65 Å². The molecule has 2 aromatic heterocycles. The maximum Gasteiger partial charge on any atom is 0.273 e. The van der Waals surface area contributed by atoms with Crippen molar-refractivity contribution in [1.29, 1.82) is 0 Å². The fourth-order valence-electron chi connectivity index (χ4n) is 1.86. The van der Waals surface area contributed by atoms with E-state index in [2.05, 4.69) is 15.3 Å². The van der Waals surface area contributed by atoms with Crippen LogP contribution in [0.3, 0.4) is 0 Å². The van der Waals surface area contributed by atoms with E-state index in [1.165, 1.54) is 4.52 Å². The molecule has 3 aromatic rings. The van der Waals surface area contributed by atoms with Crippen LogP contribution in [-0.4, -0.2) is 25.7 Å². The Labute approximate surface area is 107 Å². The number of hydrogen-bond donors (Lipinski definition) is 2. The normalized spacial score (nSPS) is 10.7. The second-order valence-corrected chi connectivity index (χ2v) is 3.96. The number of nitrogens with two attached hydrogens (primary N) is 2. The Hall–Kier alpha value is -2.96. The lowest BCUT2D eigenvalue weighted by atomic mass is 10.1. The molecule has 3 rings (SSSR count). The zero-order valence-corrected chi connectivity index (χ0v) is 9.82. The minimum atomic E-state index is -0.733. The first kappa shape index (κ1) is 11.1. The predicted molar refractivity (Wildman–Crippen MR) is 69.1 cm³/mol. The van der Waals surface area contributed by atoms with Crippen molar-refractivity contribution in [3.05, 3.63) is 42.2 Å². The molecule has 4 N–H and O–H groups in total. The van der Waals surface area contributed by atoms with Gasteiger partial charge in [-0.1, -0.05) is 30.3 Å². The number of anilines is 1. The number of rotatable bonds is 2. The molecule has 0 saturated carbocycles.